The molecule has 2 aromatic carbocycles. The Hall–Kier alpha value is -2.84. The maximum absolute atomic E-state index is 13.4. The molecule has 0 heterocycles. The second-order valence-electron chi connectivity index (χ2n) is 7.58. The van der Waals surface area contributed by atoms with E-state index in [1.54, 1.807) is 36.4 Å². The number of anilines is 2. The van der Waals surface area contributed by atoms with Gasteiger partial charge in [-0.2, -0.15) is 0 Å². The van der Waals surface area contributed by atoms with Crippen molar-refractivity contribution in [1.29, 1.82) is 0 Å². The first-order chi connectivity index (χ1) is 15.5. The predicted molar refractivity (Wildman–Crippen MR) is 138 cm³/mol. The van der Waals surface area contributed by atoms with Crippen LogP contribution in [0.2, 0.25) is 0 Å². The molecule has 0 saturated heterocycles. The molecule has 1 aliphatic rings. The van der Waals surface area contributed by atoms with Crippen LogP contribution in [-0.4, -0.2) is 34.9 Å². The molecular formula is C24H28N4O2S2. The summed E-state index contributed by atoms with van der Waals surface area (Å²) < 4.78 is 0. The lowest BCUT2D eigenvalue weighted by Gasteiger charge is -2.23. The molecule has 2 aromatic rings. The van der Waals surface area contributed by atoms with E-state index in [1.165, 1.54) is 0 Å². The molecule has 0 radical (unpaired) electrons. The molecule has 0 unspecified atom stereocenters. The Labute approximate surface area is 199 Å². The summed E-state index contributed by atoms with van der Waals surface area (Å²) in [7, 11) is 0. The van der Waals surface area contributed by atoms with Crippen molar-refractivity contribution in [3.8, 4) is 0 Å². The SMILES string of the molecule is CCCCNC(=S)Nc1cccc2c1C(=O)c1cccc(NC(=S)NCCCC)c1C2=O. The quantitative estimate of drug-likeness (QED) is 0.281. The van der Waals surface area contributed by atoms with Crippen molar-refractivity contribution >= 4 is 57.6 Å². The maximum atomic E-state index is 13.4. The van der Waals surface area contributed by atoms with Crippen molar-refractivity contribution < 1.29 is 9.59 Å². The lowest BCUT2D eigenvalue weighted by Crippen LogP contribution is -2.32. The van der Waals surface area contributed by atoms with E-state index in [4.69, 9.17) is 24.4 Å². The van der Waals surface area contributed by atoms with Gasteiger partial charge >= 0.3 is 0 Å². The van der Waals surface area contributed by atoms with Gasteiger partial charge in [0, 0.05) is 24.2 Å². The third-order valence-electron chi connectivity index (χ3n) is 5.20. The first kappa shape index (κ1) is 23.8. The molecule has 4 N–H and O–H groups in total. The summed E-state index contributed by atoms with van der Waals surface area (Å²) in [5.41, 5.74) is 2.42. The highest BCUT2D eigenvalue weighted by Crippen LogP contribution is 2.35. The highest BCUT2D eigenvalue weighted by atomic mass is 32.1. The number of rotatable bonds is 8. The number of nitrogens with one attached hydrogen (secondary N) is 4. The monoisotopic (exact) mass is 468 g/mol. The largest absolute Gasteiger partial charge is 0.362 e. The van der Waals surface area contributed by atoms with E-state index in [1.807, 2.05) is 0 Å². The first-order valence-electron chi connectivity index (χ1n) is 10.9. The van der Waals surface area contributed by atoms with Crippen LogP contribution in [-0.2, 0) is 0 Å². The third-order valence-corrected chi connectivity index (χ3v) is 5.69. The Morgan fingerprint density at radius 3 is 1.50 bits per heavy atom. The van der Waals surface area contributed by atoms with Gasteiger partial charge in [0.25, 0.3) is 0 Å². The Bertz CT molecular complexity index is 969. The molecule has 0 bridgehead atoms. The number of hydrogen-bond acceptors (Lipinski definition) is 4. The molecule has 0 atom stereocenters. The van der Waals surface area contributed by atoms with Crippen LogP contribution in [0.5, 0.6) is 0 Å². The van der Waals surface area contributed by atoms with E-state index in [2.05, 4.69) is 35.1 Å². The van der Waals surface area contributed by atoms with Crippen LogP contribution in [0.1, 0.15) is 71.4 Å². The van der Waals surface area contributed by atoms with E-state index < -0.39 is 0 Å². The second kappa shape index (κ2) is 11.2. The van der Waals surface area contributed by atoms with Crippen LogP contribution in [0, 0.1) is 0 Å². The fraction of sp³-hybridized carbons (Fsp3) is 0.333. The molecule has 32 heavy (non-hydrogen) atoms. The smallest absolute Gasteiger partial charge is 0.196 e. The van der Waals surface area contributed by atoms with Gasteiger partial charge in [0.1, 0.15) is 0 Å². The summed E-state index contributed by atoms with van der Waals surface area (Å²) in [5, 5.41) is 13.3. The van der Waals surface area contributed by atoms with Crippen LogP contribution < -0.4 is 21.3 Å². The van der Waals surface area contributed by atoms with Crippen molar-refractivity contribution in [3.05, 3.63) is 58.7 Å². The van der Waals surface area contributed by atoms with Crippen molar-refractivity contribution in [1.82, 2.24) is 10.6 Å². The lowest BCUT2D eigenvalue weighted by atomic mass is 9.82. The van der Waals surface area contributed by atoms with Crippen molar-refractivity contribution in [2.75, 3.05) is 23.7 Å². The van der Waals surface area contributed by atoms with E-state index in [0.29, 0.717) is 43.9 Å². The topological polar surface area (TPSA) is 82.3 Å². The van der Waals surface area contributed by atoms with Gasteiger partial charge in [0.15, 0.2) is 21.8 Å². The Balaban J connectivity index is 1.88. The van der Waals surface area contributed by atoms with Gasteiger partial charge in [0.05, 0.1) is 22.5 Å². The number of hydrogen-bond donors (Lipinski definition) is 4. The van der Waals surface area contributed by atoms with Crippen LogP contribution in [0.3, 0.4) is 0 Å². The van der Waals surface area contributed by atoms with E-state index in [0.717, 1.165) is 38.8 Å². The first-order valence-corrected chi connectivity index (χ1v) is 11.7. The Morgan fingerprint density at radius 1 is 0.719 bits per heavy atom. The summed E-state index contributed by atoms with van der Waals surface area (Å²) in [5.74, 6) is -0.440. The highest BCUT2D eigenvalue weighted by molar-refractivity contribution is 7.80. The minimum atomic E-state index is -0.220. The van der Waals surface area contributed by atoms with E-state index in [9.17, 15) is 9.59 Å². The summed E-state index contributed by atoms with van der Waals surface area (Å²) in [6, 6.07) is 10.4. The van der Waals surface area contributed by atoms with Gasteiger partial charge in [-0.1, -0.05) is 51.0 Å². The number of fused-ring (bicyclic) bond motifs is 2. The summed E-state index contributed by atoms with van der Waals surface area (Å²) in [4.78, 5) is 26.9. The zero-order valence-corrected chi connectivity index (χ0v) is 20.0. The summed E-state index contributed by atoms with van der Waals surface area (Å²) in [6.07, 6.45) is 4.08. The minimum absolute atomic E-state index is 0.220. The molecule has 3 rings (SSSR count). The number of carbonyl (C=O) groups excluding carboxylic acids is 2. The second-order valence-corrected chi connectivity index (χ2v) is 8.40. The molecule has 0 fully saturated rings. The van der Waals surface area contributed by atoms with Crippen molar-refractivity contribution in [3.63, 3.8) is 0 Å². The van der Waals surface area contributed by atoms with Crippen LogP contribution in [0.4, 0.5) is 11.4 Å². The highest BCUT2D eigenvalue weighted by Gasteiger charge is 2.33. The van der Waals surface area contributed by atoms with Gasteiger partial charge in [-0.3, -0.25) is 9.59 Å². The van der Waals surface area contributed by atoms with Crippen molar-refractivity contribution in [2.24, 2.45) is 0 Å². The van der Waals surface area contributed by atoms with Gasteiger partial charge in [-0.25, -0.2) is 0 Å². The van der Waals surface area contributed by atoms with Gasteiger partial charge in [0.2, 0.25) is 0 Å². The lowest BCUT2D eigenvalue weighted by molar-refractivity contribution is 0.0980. The molecule has 8 heteroatoms. The predicted octanol–water partition coefficient (Wildman–Crippen LogP) is 4.64. The number of benzene rings is 2. The molecular weight excluding hydrogens is 440 g/mol. The molecule has 0 amide bonds. The standard InChI is InChI=1S/C24H28N4O2S2/c1-3-5-13-25-23(31)27-17-11-7-9-15-19(17)21(29)16-10-8-12-18(20(16)22(15)30)28-24(32)26-14-6-4-2/h7-12H,3-6,13-14H2,1-2H3,(H2,25,27,31)(H2,26,28,32). The number of thiocarbonyl (C=S) groups is 2. The number of ketones is 2. The van der Waals surface area contributed by atoms with Crippen LogP contribution in [0.25, 0.3) is 0 Å². The molecule has 0 spiro atoms. The molecule has 0 aromatic heterocycles. The van der Waals surface area contributed by atoms with Crippen LogP contribution >= 0.6 is 24.4 Å². The summed E-state index contributed by atoms with van der Waals surface area (Å²) >= 11 is 10.7. The Kier molecular flexibility index (Phi) is 8.30. The van der Waals surface area contributed by atoms with Gasteiger partial charge in [-0.05, 0) is 49.4 Å². The number of carbonyl (C=O) groups is 2. The fourth-order valence-corrected chi connectivity index (χ4v) is 3.96. The van der Waals surface area contributed by atoms with Gasteiger partial charge < -0.3 is 21.3 Å². The molecule has 0 aliphatic heterocycles. The normalized spacial score (nSPS) is 11.9. The molecule has 168 valence electrons. The van der Waals surface area contributed by atoms with Gasteiger partial charge in [-0.15, -0.1) is 0 Å². The zero-order valence-electron chi connectivity index (χ0n) is 18.3. The average molecular weight is 469 g/mol. The number of unbranched alkanes of at least 4 members (excludes halogenated alkanes) is 2. The van der Waals surface area contributed by atoms with Crippen LogP contribution in [0.15, 0.2) is 36.4 Å². The van der Waals surface area contributed by atoms with E-state index >= 15 is 0 Å². The summed E-state index contributed by atoms with van der Waals surface area (Å²) in [6.45, 7) is 5.69. The average Bonchev–Trinajstić information content (AvgIpc) is 2.77. The maximum Gasteiger partial charge on any atom is 0.196 e. The molecule has 0 saturated carbocycles. The molecule has 1 aliphatic carbocycles. The zero-order chi connectivity index (χ0) is 23.1. The molecule has 6 nitrogen and oxygen atoms in total. The Morgan fingerprint density at radius 2 is 1.12 bits per heavy atom. The third kappa shape index (κ3) is 5.31. The van der Waals surface area contributed by atoms with Crippen molar-refractivity contribution in [2.45, 2.75) is 39.5 Å². The van der Waals surface area contributed by atoms with E-state index in [-0.39, 0.29) is 11.6 Å². The fourth-order valence-electron chi connectivity index (χ4n) is 3.54. The minimum Gasteiger partial charge on any atom is -0.362 e.